The third-order valence-electron chi connectivity index (χ3n) is 5.57. The van der Waals surface area contributed by atoms with E-state index in [4.69, 9.17) is 15.5 Å². The zero-order valence-electron chi connectivity index (χ0n) is 19.8. The highest BCUT2D eigenvalue weighted by atomic mass is 32.1. The molecule has 12 nitrogen and oxygen atoms in total. The Kier molecular flexibility index (Phi) is 8.74. The molecule has 16 heteroatoms. The molecular formula is C22H24F2N7O5PS. The van der Waals surface area contributed by atoms with Crippen LogP contribution >= 0.6 is 19.2 Å². The van der Waals surface area contributed by atoms with Crippen molar-refractivity contribution in [2.75, 3.05) is 0 Å². The second-order valence-corrected chi connectivity index (χ2v) is 10.5. The Morgan fingerprint density at radius 3 is 2.79 bits per heavy atom. The summed E-state index contributed by atoms with van der Waals surface area (Å²) in [6.07, 6.45) is 9.07. The number of carbonyl (C=O) groups is 1. The van der Waals surface area contributed by atoms with Crippen LogP contribution in [-0.4, -0.2) is 47.7 Å². The van der Waals surface area contributed by atoms with Crippen molar-refractivity contribution in [1.29, 1.82) is 0 Å². The van der Waals surface area contributed by atoms with E-state index in [1.54, 1.807) is 0 Å². The maximum absolute atomic E-state index is 14.4. The Bertz CT molecular complexity index is 1410. The lowest BCUT2D eigenvalue weighted by Gasteiger charge is -2.18. The molecule has 3 aromatic heterocycles. The number of hydrogen-bond acceptors (Lipinski definition) is 9. The van der Waals surface area contributed by atoms with Crippen LogP contribution in [0.4, 0.5) is 8.78 Å². The van der Waals surface area contributed by atoms with Crippen LogP contribution in [0.3, 0.4) is 0 Å². The molecule has 0 bridgehead atoms. The Morgan fingerprint density at radius 1 is 1.29 bits per heavy atom. The van der Waals surface area contributed by atoms with Crippen molar-refractivity contribution in [2.45, 2.75) is 44.9 Å². The molecule has 5 N–H and O–H groups in total. The van der Waals surface area contributed by atoms with Gasteiger partial charge in [0.05, 0.1) is 23.6 Å². The summed E-state index contributed by atoms with van der Waals surface area (Å²) < 4.78 is 44.5. The smallest absolute Gasteiger partial charge is 0.395 e. The summed E-state index contributed by atoms with van der Waals surface area (Å²) in [5.41, 5.74) is 5.80. The van der Waals surface area contributed by atoms with Gasteiger partial charge >= 0.3 is 7.82 Å². The van der Waals surface area contributed by atoms with Crippen molar-refractivity contribution in [3.05, 3.63) is 58.8 Å². The van der Waals surface area contributed by atoms with E-state index in [-0.39, 0.29) is 23.1 Å². The average Bonchev–Trinajstić information content (AvgIpc) is 3.56. The highest BCUT2D eigenvalue weighted by Crippen LogP contribution is 2.36. The fourth-order valence-corrected chi connectivity index (χ4v) is 4.73. The first-order valence-corrected chi connectivity index (χ1v) is 13.8. The SMILES string of the molecule is N/C(=C(\C=NC1CCCCC1)NC(=O)c1csc(-c2cnn(COP(=O)(O)O)c2)n1)c1nc(F)ccc1F. The Labute approximate surface area is 219 Å². The van der Waals surface area contributed by atoms with Crippen molar-refractivity contribution in [3.63, 3.8) is 0 Å². The lowest BCUT2D eigenvalue weighted by atomic mass is 9.96. The van der Waals surface area contributed by atoms with Gasteiger partial charge < -0.3 is 20.8 Å². The fourth-order valence-electron chi connectivity index (χ4n) is 3.69. The van der Waals surface area contributed by atoms with E-state index in [0.29, 0.717) is 10.6 Å². The van der Waals surface area contributed by atoms with Gasteiger partial charge in [-0.1, -0.05) is 19.3 Å². The van der Waals surface area contributed by atoms with Gasteiger partial charge in [0.25, 0.3) is 5.91 Å². The molecule has 1 aliphatic carbocycles. The number of thiazole rings is 1. The summed E-state index contributed by atoms with van der Waals surface area (Å²) in [4.78, 5) is 43.0. The summed E-state index contributed by atoms with van der Waals surface area (Å²) in [6, 6.07) is 1.77. The zero-order chi connectivity index (χ0) is 27.3. The number of nitrogens with one attached hydrogen (secondary N) is 1. The van der Waals surface area contributed by atoms with E-state index in [2.05, 4.69) is 29.9 Å². The molecule has 0 aromatic carbocycles. The van der Waals surface area contributed by atoms with Gasteiger partial charge in [-0.15, -0.1) is 11.3 Å². The van der Waals surface area contributed by atoms with Crippen molar-refractivity contribution in [2.24, 2.45) is 10.7 Å². The highest BCUT2D eigenvalue weighted by Gasteiger charge is 2.20. The molecule has 0 atom stereocenters. The van der Waals surface area contributed by atoms with E-state index < -0.39 is 37.9 Å². The molecule has 1 aliphatic rings. The second kappa shape index (κ2) is 12.0. The maximum atomic E-state index is 14.4. The lowest BCUT2D eigenvalue weighted by Crippen LogP contribution is -2.27. The summed E-state index contributed by atoms with van der Waals surface area (Å²) in [5, 5.41) is 8.38. The minimum atomic E-state index is -4.67. The number of aromatic nitrogens is 4. The van der Waals surface area contributed by atoms with E-state index in [1.807, 2.05) is 0 Å². The number of aliphatic imine (C=N–C) groups is 1. The third-order valence-corrected chi connectivity index (χ3v) is 6.91. The van der Waals surface area contributed by atoms with Gasteiger partial charge in [0, 0.05) is 23.4 Å². The van der Waals surface area contributed by atoms with E-state index in [0.717, 1.165) is 60.3 Å². The van der Waals surface area contributed by atoms with Crippen LogP contribution in [0.2, 0.25) is 0 Å². The quantitative estimate of drug-likeness (QED) is 0.172. The van der Waals surface area contributed by atoms with Crippen LogP contribution in [0.1, 0.15) is 48.3 Å². The van der Waals surface area contributed by atoms with Crippen LogP contribution in [-0.2, 0) is 15.8 Å². The number of hydrogen-bond donors (Lipinski definition) is 4. The number of pyridine rings is 1. The van der Waals surface area contributed by atoms with Gasteiger partial charge in [-0.2, -0.15) is 9.49 Å². The fraction of sp³-hybridized carbons (Fsp3) is 0.318. The third kappa shape index (κ3) is 7.36. The van der Waals surface area contributed by atoms with Gasteiger partial charge in [-0.05, 0) is 25.0 Å². The van der Waals surface area contributed by atoms with Crippen LogP contribution in [0.5, 0.6) is 0 Å². The summed E-state index contributed by atoms with van der Waals surface area (Å²) in [6.45, 7) is -0.485. The largest absolute Gasteiger partial charge is 0.471 e. The second-order valence-electron chi connectivity index (χ2n) is 8.37. The number of nitrogens with zero attached hydrogens (tertiary/aromatic N) is 5. The van der Waals surface area contributed by atoms with Gasteiger partial charge in [-0.3, -0.25) is 14.3 Å². The predicted octanol–water partition coefficient (Wildman–Crippen LogP) is 3.21. The number of allylic oxidation sites excluding steroid dienone is 1. The number of nitrogens with two attached hydrogens (primary N) is 1. The van der Waals surface area contributed by atoms with Crippen LogP contribution in [0.15, 0.2) is 40.6 Å². The molecule has 1 saturated carbocycles. The van der Waals surface area contributed by atoms with Crippen molar-refractivity contribution in [3.8, 4) is 10.6 Å². The maximum Gasteiger partial charge on any atom is 0.471 e. The highest BCUT2D eigenvalue weighted by molar-refractivity contribution is 7.46. The van der Waals surface area contributed by atoms with Crippen LogP contribution < -0.4 is 11.1 Å². The number of amides is 1. The Hall–Kier alpha value is -3.36. The number of phosphoric acid groups is 1. The molecule has 38 heavy (non-hydrogen) atoms. The Balaban J connectivity index is 1.55. The molecule has 0 aliphatic heterocycles. The van der Waals surface area contributed by atoms with E-state index >= 15 is 0 Å². The summed E-state index contributed by atoms with van der Waals surface area (Å²) in [7, 11) is -4.67. The molecule has 4 rings (SSSR count). The summed E-state index contributed by atoms with van der Waals surface area (Å²) >= 11 is 1.12. The topological polar surface area (TPSA) is 178 Å². The molecule has 3 aromatic rings. The van der Waals surface area contributed by atoms with Crippen molar-refractivity contribution < 1.29 is 32.5 Å². The molecule has 0 radical (unpaired) electrons. The van der Waals surface area contributed by atoms with Gasteiger partial charge in [0.1, 0.15) is 16.4 Å². The van der Waals surface area contributed by atoms with Gasteiger partial charge in [-0.25, -0.2) is 23.6 Å². The molecule has 0 saturated heterocycles. The number of carbonyl (C=O) groups excluding carboxylic acids is 1. The minimum Gasteiger partial charge on any atom is -0.395 e. The first kappa shape index (κ1) is 27.7. The normalized spacial score (nSPS) is 15.6. The number of rotatable bonds is 9. The number of phosphoric ester groups is 1. The predicted molar refractivity (Wildman–Crippen MR) is 135 cm³/mol. The van der Waals surface area contributed by atoms with Crippen molar-refractivity contribution in [1.82, 2.24) is 25.1 Å². The van der Waals surface area contributed by atoms with Crippen LogP contribution in [0.25, 0.3) is 16.3 Å². The molecule has 1 amide bonds. The molecule has 0 unspecified atom stereocenters. The van der Waals surface area contributed by atoms with E-state index in [1.165, 1.54) is 24.0 Å². The molecule has 202 valence electrons. The first-order valence-electron chi connectivity index (χ1n) is 11.4. The molecule has 0 spiro atoms. The van der Waals surface area contributed by atoms with Gasteiger partial charge in [0.2, 0.25) is 5.95 Å². The van der Waals surface area contributed by atoms with Crippen LogP contribution in [0, 0.1) is 11.8 Å². The van der Waals surface area contributed by atoms with Crippen molar-refractivity contribution >= 4 is 37.0 Å². The van der Waals surface area contributed by atoms with Gasteiger partial charge in [0.15, 0.2) is 12.5 Å². The number of halogens is 2. The summed E-state index contributed by atoms with van der Waals surface area (Å²) in [5.74, 6) is -2.47. The minimum absolute atomic E-state index is 0.00765. The first-order chi connectivity index (χ1) is 18.1. The monoisotopic (exact) mass is 567 g/mol. The zero-order valence-corrected chi connectivity index (χ0v) is 21.5. The van der Waals surface area contributed by atoms with E-state index in [9.17, 15) is 18.1 Å². The Morgan fingerprint density at radius 2 is 2.05 bits per heavy atom. The molecule has 1 fully saturated rings. The average molecular weight is 568 g/mol. The molecular weight excluding hydrogens is 543 g/mol. The standard InChI is InChI=1S/C22H24F2N7O5PS/c23-15-6-7-18(24)30-20(15)19(25)16(9-26-14-4-2-1-3-5-14)28-21(32)17-11-38-22(29-17)13-8-27-31(10-13)12-36-37(33,34)35/h6-11,14H,1-5,12,25H2,(H,28,32)(H2,33,34,35)/b19-16+,26-9?. The molecule has 3 heterocycles. The lowest BCUT2D eigenvalue weighted by molar-refractivity contribution is 0.0964.